The first-order valence-corrected chi connectivity index (χ1v) is 6.60. The molecule has 1 heterocycles. The van der Waals surface area contributed by atoms with Crippen molar-refractivity contribution in [1.29, 1.82) is 0 Å². The summed E-state index contributed by atoms with van der Waals surface area (Å²) in [5.74, 6) is 1.15. The highest BCUT2D eigenvalue weighted by Crippen LogP contribution is 2.15. The first-order chi connectivity index (χ1) is 9.65. The first-order valence-electron chi connectivity index (χ1n) is 6.60. The Morgan fingerprint density at radius 2 is 1.95 bits per heavy atom. The molecule has 0 amide bonds. The molecule has 0 fully saturated rings. The molecule has 0 saturated carbocycles. The van der Waals surface area contributed by atoms with Crippen LogP contribution in [0.4, 0.5) is 5.82 Å². The van der Waals surface area contributed by atoms with Crippen molar-refractivity contribution in [2.24, 2.45) is 0 Å². The van der Waals surface area contributed by atoms with E-state index in [4.69, 9.17) is 4.74 Å². The van der Waals surface area contributed by atoms with Crippen LogP contribution in [0.1, 0.15) is 25.5 Å². The third kappa shape index (κ3) is 4.20. The topological polar surface area (TPSA) is 67.3 Å². The van der Waals surface area contributed by atoms with E-state index in [2.05, 4.69) is 15.3 Å². The van der Waals surface area contributed by atoms with Crippen LogP contribution >= 0.6 is 0 Å². The van der Waals surface area contributed by atoms with E-state index < -0.39 is 6.10 Å². The van der Waals surface area contributed by atoms with Crippen LogP contribution in [-0.2, 0) is 0 Å². The predicted octanol–water partition coefficient (Wildman–Crippen LogP) is 2.41. The molecule has 2 aromatic rings. The third-order valence-corrected chi connectivity index (χ3v) is 2.66. The largest absolute Gasteiger partial charge is 0.475 e. The van der Waals surface area contributed by atoms with Crippen LogP contribution in [0.3, 0.4) is 0 Å². The Hall–Kier alpha value is -2.14. The molecule has 0 aliphatic rings. The molecule has 0 spiro atoms. The number of anilines is 1. The SMILES string of the molecule is CC(C)Oc1cc(NCC(O)c2ccccc2)ncn1. The number of benzene rings is 1. The molecule has 106 valence electrons. The maximum Gasteiger partial charge on any atom is 0.218 e. The number of rotatable bonds is 6. The van der Waals surface area contributed by atoms with Crippen LogP contribution in [0.15, 0.2) is 42.7 Å². The number of aromatic nitrogens is 2. The molecule has 0 saturated heterocycles. The van der Waals surface area contributed by atoms with Crippen LogP contribution < -0.4 is 10.1 Å². The fourth-order valence-corrected chi connectivity index (χ4v) is 1.74. The van der Waals surface area contributed by atoms with Crippen LogP contribution in [0.2, 0.25) is 0 Å². The Morgan fingerprint density at radius 1 is 1.20 bits per heavy atom. The number of nitrogens with zero attached hydrogens (tertiary/aromatic N) is 2. The van der Waals surface area contributed by atoms with Gasteiger partial charge in [-0.1, -0.05) is 30.3 Å². The van der Waals surface area contributed by atoms with E-state index >= 15 is 0 Å². The lowest BCUT2D eigenvalue weighted by Gasteiger charge is -2.13. The van der Waals surface area contributed by atoms with Crippen molar-refractivity contribution < 1.29 is 9.84 Å². The number of hydrogen-bond donors (Lipinski definition) is 2. The van der Waals surface area contributed by atoms with Gasteiger partial charge in [-0.05, 0) is 19.4 Å². The molecule has 0 bridgehead atoms. The Labute approximate surface area is 118 Å². The molecule has 0 aliphatic heterocycles. The molecule has 1 atom stereocenters. The van der Waals surface area contributed by atoms with Gasteiger partial charge in [0.2, 0.25) is 5.88 Å². The van der Waals surface area contributed by atoms with Crippen molar-refractivity contribution in [2.75, 3.05) is 11.9 Å². The van der Waals surface area contributed by atoms with Gasteiger partial charge in [0, 0.05) is 12.6 Å². The molecule has 5 nitrogen and oxygen atoms in total. The zero-order valence-corrected chi connectivity index (χ0v) is 11.7. The summed E-state index contributed by atoms with van der Waals surface area (Å²) in [6, 6.07) is 11.2. The fourth-order valence-electron chi connectivity index (χ4n) is 1.74. The van der Waals surface area contributed by atoms with Crippen molar-refractivity contribution in [3.05, 3.63) is 48.3 Å². The summed E-state index contributed by atoms with van der Waals surface area (Å²) in [5.41, 5.74) is 0.868. The van der Waals surface area contributed by atoms with Gasteiger partial charge in [0.15, 0.2) is 0 Å². The van der Waals surface area contributed by atoms with Gasteiger partial charge >= 0.3 is 0 Å². The maximum atomic E-state index is 10.1. The monoisotopic (exact) mass is 273 g/mol. The van der Waals surface area contributed by atoms with Crippen LogP contribution in [0.5, 0.6) is 5.88 Å². The van der Waals surface area contributed by atoms with Gasteiger partial charge in [0.05, 0.1) is 12.2 Å². The summed E-state index contributed by atoms with van der Waals surface area (Å²) in [5, 5.41) is 13.1. The maximum absolute atomic E-state index is 10.1. The minimum atomic E-state index is -0.583. The first kappa shape index (κ1) is 14.3. The molecule has 5 heteroatoms. The lowest BCUT2D eigenvalue weighted by atomic mass is 10.1. The molecule has 0 aliphatic carbocycles. The second kappa shape index (κ2) is 6.86. The number of aliphatic hydroxyl groups excluding tert-OH is 1. The quantitative estimate of drug-likeness (QED) is 0.846. The van der Waals surface area contributed by atoms with Crippen LogP contribution in [0, 0.1) is 0 Å². The fraction of sp³-hybridized carbons (Fsp3) is 0.333. The number of hydrogen-bond acceptors (Lipinski definition) is 5. The van der Waals surface area contributed by atoms with E-state index in [1.54, 1.807) is 6.07 Å². The zero-order chi connectivity index (χ0) is 14.4. The highest BCUT2D eigenvalue weighted by molar-refractivity contribution is 5.37. The summed E-state index contributed by atoms with van der Waals surface area (Å²) in [6.07, 6.45) is 0.919. The number of aliphatic hydroxyl groups is 1. The van der Waals surface area contributed by atoms with E-state index in [-0.39, 0.29) is 6.10 Å². The molecule has 1 aromatic carbocycles. The number of ether oxygens (including phenoxy) is 1. The molecular weight excluding hydrogens is 254 g/mol. The predicted molar refractivity (Wildman–Crippen MR) is 77.7 cm³/mol. The lowest BCUT2D eigenvalue weighted by Crippen LogP contribution is -2.13. The minimum absolute atomic E-state index is 0.0626. The van der Waals surface area contributed by atoms with E-state index in [1.165, 1.54) is 6.33 Å². The van der Waals surface area contributed by atoms with Crippen molar-refractivity contribution >= 4 is 5.82 Å². The van der Waals surface area contributed by atoms with Gasteiger partial charge < -0.3 is 15.2 Å². The highest BCUT2D eigenvalue weighted by Gasteiger charge is 2.07. The third-order valence-electron chi connectivity index (χ3n) is 2.66. The average Bonchev–Trinajstić information content (AvgIpc) is 2.45. The van der Waals surface area contributed by atoms with Gasteiger partial charge in [-0.3, -0.25) is 0 Å². The summed E-state index contributed by atoms with van der Waals surface area (Å²) in [4.78, 5) is 8.13. The molecule has 1 unspecified atom stereocenters. The highest BCUT2D eigenvalue weighted by atomic mass is 16.5. The Morgan fingerprint density at radius 3 is 2.65 bits per heavy atom. The van der Waals surface area contributed by atoms with E-state index in [1.807, 2.05) is 44.2 Å². The smallest absolute Gasteiger partial charge is 0.218 e. The Balaban J connectivity index is 1.94. The summed E-state index contributed by atoms with van der Waals surface area (Å²) in [7, 11) is 0. The Kier molecular flexibility index (Phi) is 4.90. The zero-order valence-electron chi connectivity index (χ0n) is 11.7. The molecular formula is C15H19N3O2. The second-order valence-corrected chi connectivity index (χ2v) is 4.72. The van der Waals surface area contributed by atoms with Gasteiger partial charge in [0.25, 0.3) is 0 Å². The lowest BCUT2D eigenvalue weighted by molar-refractivity contribution is 0.191. The summed E-state index contributed by atoms with van der Waals surface area (Å²) < 4.78 is 5.49. The van der Waals surface area contributed by atoms with Crippen molar-refractivity contribution in [3.63, 3.8) is 0 Å². The van der Waals surface area contributed by atoms with Crippen LogP contribution in [0.25, 0.3) is 0 Å². The average molecular weight is 273 g/mol. The Bertz CT molecular complexity index is 532. The van der Waals surface area contributed by atoms with Gasteiger partial charge in [-0.15, -0.1) is 0 Å². The molecule has 1 aromatic heterocycles. The van der Waals surface area contributed by atoms with Crippen molar-refractivity contribution in [2.45, 2.75) is 26.1 Å². The molecule has 0 radical (unpaired) electrons. The van der Waals surface area contributed by atoms with Crippen molar-refractivity contribution in [1.82, 2.24) is 9.97 Å². The van der Waals surface area contributed by atoms with E-state index in [9.17, 15) is 5.11 Å². The van der Waals surface area contributed by atoms with E-state index in [0.717, 1.165) is 5.56 Å². The summed E-state index contributed by atoms with van der Waals surface area (Å²) >= 11 is 0. The van der Waals surface area contributed by atoms with Gasteiger partial charge in [0.1, 0.15) is 12.1 Å². The van der Waals surface area contributed by atoms with Gasteiger partial charge in [-0.25, -0.2) is 9.97 Å². The number of nitrogens with one attached hydrogen (secondary N) is 1. The second-order valence-electron chi connectivity index (χ2n) is 4.72. The standard InChI is InChI=1S/C15H19N3O2/c1-11(2)20-15-8-14(17-10-18-15)16-9-13(19)12-6-4-3-5-7-12/h3-8,10-11,13,19H,9H2,1-2H3,(H,16,17,18). The molecule has 2 N–H and O–H groups in total. The normalized spacial score (nSPS) is 12.2. The van der Waals surface area contributed by atoms with E-state index in [0.29, 0.717) is 18.2 Å². The van der Waals surface area contributed by atoms with Gasteiger partial charge in [-0.2, -0.15) is 0 Å². The molecule has 20 heavy (non-hydrogen) atoms. The van der Waals surface area contributed by atoms with Crippen molar-refractivity contribution in [3.8, 4) is 5.88 Å². The van der Waals surface area contributed by atoms with Crippen LogP contribution in [-0.4, -0.2) is 27.7 Å². The minimum Gasteiger partial charge on any atom is -0.475 e. The summed E-state index contributed by atoms with van der Waals surface area (Å²) in [6.45, 7) is 4.25. The molecule has 2 rings (SSSR count).